The van der Waals surface area contributed by atoms with E-state index in [4.69, 9.17) is 5.73 Å². The highest BCUT2D eigenvalue weighted by Gasteiger charge is 2.07. The second-order valence-corrected chi connectivity index (χ2v) is 5.33. The van der Waals surface area contributed by atoms with Gasteiger partial charge in [0.05, 0.1) is 10.9 Å². The predicted molar refractivity (Wildman–Crippen MR) is 83.0 cm³/mol. The molecule has 0 fully saturated rings. The van der Waals surface area contributed by atoms with Crippen LogP contribution in [0.15, 0.2) is 23.0 Å². The molecule has 1 heterocycles. The van der Waals surface area contributed by atoms with Crippen molar-refractivity contribution in [2.75, 3.05) is 31.7 Å². The Hall–Kier alpha value is -2.08. The molecule has 0 saturated heterocycles. The largest absolute Gasteiger partial charge is 0.399 e. The van der Waals surface area contributed by atoms with E-state index in [2.05, 4.69) is 27.1 Å². The molecule has 1 unspecified atom stereocenters. The van der Waals surface area contributed by atoms with Gasteiger partial charge < -0.3 is 16.0 Å². The first kappa shape index (κ1) is 14.3. The van der Waals surface area contributed by atoms with Crippen LogP contribution in [0.5, 0.6) is 0 Å². The van der Waals surface area contributed by atoms with E-state index in [9.17, 15) is 4.79 Å². The summed E-state index contributed by atoms with van der Waals surface area (Å²) in [5.41, 5.74) is 6.71. The van der Waals surface area contributed by atoms with Gasteiger partial charge in [-0.1, -0.05) is 0 Å². The zero-order valence-corrected chi connectivity index (χ0v) is 12.1. The van der Waals surface area contributed by atoms with E-state index in [1.54, 1.807) is 18.2 Å². The first-order valence-electron chi connectivity index (χ1n) is 6.66. The molecule has 0 radical (unpaired) electrons. The topological polar surface area (TPSA) is 87.0 Å². The Morgan fingerprint density at radius 3 is 2.90 bits per heavy atom. The number of aromatic amines is 1. The predicted octanol–water partition coefficient (Wildman–Crippen LogP) is 1.26. The third kappa shape index (κ3) is 3.48. The molecule has 1 aromatic heterocycles. The number of nitrogens with two attached hydrogens (primary N) is 1. The van der Waals surface area contributed by atoms with Gasteiger partial charge in [-0.3, -0.25) is 9.78 Å². The SMILES string of the molecule is CC(CCN(C)C)Nc1nc2ccc(N)cc2c(=O)[nH]1. The maximum atomic E-state index is 12.0. The van der Waals surface area contributed by atoms with Crippen LogP contribution in [0.1, 0.15) is 13.3 Å². The Balaban J connectivity index is 2.19. The molecule has 6 heteroatoms. The number of anilines is 2. The van der Waals surface area contributed by atoms with Crippen molar-refractivity contribution in [3.8, 4) is 0 Å². The fourth-order valence-electron chi connectivity index (χ4n) is 1.98. The number of H-pyrrole nitrogens is 1. The molecule has 1 atom stereocenters. The fourth-order valence-corrected chi connectivity index (χ4v) is 1.98. The van der Waals surface area contributed by atoms with Gasteiger partial charge in [-0.25, -0.2) is 4.98 Å². The smallest absolute Gasteiger partial charge is 0.260 e. The van der Waals surface area contributed by atoms with Crippen molar-refractivity contribution in [3.63, 3.8) is 0 Å². The standard InChI is InChI=1S/C14H21N5O/c1-9(6-7-19(2)3)16-14-17-12-5-4-10(15)8-11(12)13(20)18-14/h4-5,8-9H,6-7,15H2,1-3H3,(H2,16,17,18,20). The molecule has 4 N–H and O–H groups in total. The van der Waals surface area contributed by atoms with Crippen LogP contribution in [-0.2, 0) is 0 Å². The van der Waals surface area contributed by atoms with Gasteiger partial charge in [0, 0.05) is 11.7 Å². The molecule has 1 aromatic carbocycles. The van der Waals surface area contributed by atoms with E-state index in [0.717, 1.165) is 13.0 Å². The number of hydrogen-bond donors (Lipinski definition) is 3. The molecule has 0 aliphatic heterocycles. The zero-order valence-electron chi connectivity index (χ0n) is 12.1. The average molecular weight is 275 g/mol. The van der Waals surface area contributed by atoms with Crippen LogP contribution < -0.4 is 16.6 Å². The number of nitrogens with zero attached hydrogens (tertiary/aromatic N) is 2. The lowest BCUT2D eigenvalue weighted by atomic mass is 10.2. The molecule has 2 rings (SSSR count). The number of rotatable bonds is 5. The van der Waals surface area contributed by atoms with Crippen molar-refractivity contribution in [2.24, 2.45) is 0 Å². The summed E-state index contributed by atoms with van der Waals surface area (Å²) in [7, 11) is 4.07. The van der Waals surface area contributed by atoms with Crippen LogP contribution in [0, 0.1) is 0 Å². The summed E-state index contributed by atoms with van der Waals surface area (Å²) in [5, 5.41) is 3.73. The highest BCUT2D eigenvalue weighted by Crippen LogP contribution is 2.13. The van der Waals surface area contributed by atoms with E-state index in [1.165, 1.54) is 0 Å². The van der Waals surface area contributed by atoms with Crippen molar-refractivity contribution < 1.29 is 0 Å². The summed E-state index contributed by atoms with van der Waals surface area (Å²) >= 11 is 0. The lowest BCUT2D eigenvalue weighted by Gasteiger charge is -2.17. The second-order valence-electron chi connectivity index (χ2n) is 5.33. The number of fused-ring (bicyclic) bond motifs is 1. The normalized spacial score (nSPS) is 12.8. The maximum Gasteiger partial charge on any atom is 0.260 e. The minimum atomic E-state index is -0.176. The molecule has 2 aromatic rings. The Labute approximate surface area is 118 Å². The van der Waals surface area contributed by atoms with Gasteiger partial charge >= 0.3 is 0 Å². The molecule has 0 saturated carbocycles. The van der Waals surface area contributed by atoms with E-state index in [-0.39, 0.29) is 11.6 Å². The Kier molecular flexibility index (Phi) is 4.24. The van der Waals surface area contributed by atoms with E-state index in [0.29, 0.717) is 22.5 Å². The summed E-state index contributed by atoms with van der Waals surface area (Å²) in [5.74, 6) is 0.499. The molecule has 0 aliphatic rings. The number of nitrogen functional groups attached to an aromatic ring is 1. The summed E-state index contributed by atoms with van der Waals surface area (Å²) in [6.07, 6.45) is 0.969. The van der Waals surface area contributed by atoms with Crippen molar-refractivity contribution in [3.05, 3.63) is 28.6 Å². The Morgan fingerprint density at radius 2 is 2.20 bits per heavy atom. The molecule has 20 heavy (non-hydrogen) atoms. The first-order valence-corrected chi connectivity index (χ1v) is 6.66. The van der Waals surface area contributed by atoms with Crippen molar-refractivity contribution in [1.82, 2.24) is 14.9 Å². The van der Waals surface area contributed by atoms with Gasteiger partial charge in [0.25, 0.3) is 5.56 Å². The highest BCUT2D eigenvalue weighted by atomic mass is 16.1. The second kappa shape index (κ2) is 5.92. The minimum Gasteiger partial charge on any atom is -0.399 e. The Morgan fingerprint density at radius 1 is 1.45 bits per heavy atom. The van der Waals surface area contributed by atoms with E-state index >= 15 is 0 Å². The molecule has 0 amide bonds. The van der Waals surface area contributed by atoms with Crippen LogP contribution in [0.4, 0.5) is 11.6 Å². The highest BCUT2D eigenvalue weighted by molar-refractivity contribution is 5.81. The number of hydrogen-bond acceptors (Lipinski definition) is 5. The lowest BCUT2D eigenvalue weighted by Crippen LogP contribution is -2.25. The van der Waals surface area contributed by atoms with Crippen molar-refractivity contribution in [1.29, 1.82) is 0 Å². The van der Waals surface area contributed by atoms with Crippen molar-refractivity contribution in [2.45, 2.75) is 19.4 Å². The van der Waals surface area contributed by atoms with E-state index in [1.807, 2.05) is 14.1 Å². The molecule has 0 aliphatic carbocycles. The molecular formula is C14H21N5O. The average Bonchev–Trinajstić information content (AvgIpc) is 2.37. The number of aromatic nitrogens is 2. The number of benzene rings is 1. The van der Waals surface area contributed by atoms with Gasteiger partial charge in [-0.15, -0.1) is 0 Å². The molecule has 0 spiro atoms. The number of nitrogens with one attached hydrogen (secondary N) is 2. The monoisotopic (exact) mass is 275 g/mol. The molecule has 0 bridgehead atoms. The molecular weight excluding hydrogens is 254 g/mol. The van der Waals surface area contributed by atoms with Crippen LogP contribution in [0.25, 0.3) is 10.9 Å². The first-order chi connectivity index (χ1) is 9.45. The Bertz CT molecular complexity index is 650. The van der Waals surface area contributed by atoms with Crippen LogP contribution in [0.2, 0.25) is 0 Å². The van der Waals surface area contributed by atoms with E-state index < -0.39 is 0 Å². The fraction of sp³-hybridized carbons (Fsp3) is 0.429. The zero-order chi connectivity index (χ0) is 14.7. The lowest BCUT2D eigenvalue weighted by molar-refractivity contribution is 0.390. The summed E-state index contributed by atoms with van der Waals surface area (Å²) in [4.78, 5) is 21.3. The van der Waals surface area contributed by atoms with Crippen molar-refractivity contribution >= 4 is 22.5 Å². The van der Waals surface area contributed by atoms with Gasteiger partial charge in [0.15, 0.2) is 0 Å². The third-order valence-corrected chi connectivity index (χ3v) is 3.12. The minimum absolute atomic E-state index is 0.176. The van der Waals surface area contributed by atoms with Crippen LogP contribution in [0.3, 0.4) is 0 Å². The molecule has 108 valence electrons. The van der Waals surface area contributed by atoms with Gasteiger partial charge in [-0.2, -0.15) is 0 Å². The van der Waals surface area contributed by atoms with Gasteiger partial charge in [0.1, 0.15) is 0 Å². The summed E-state index contributed by atoms with van der Waals surface area (Å²) < 4.78 is 0. The van der Waals surface area contributed by atoms with Gasteiger partial charge in [-0.05, 0) is 52.2 Å². The van der Waals surface area contributed by atoms with Crippen LogP contribution >= 0.6 is 0 Å². The van der Waals surface area contributed by atoms with Gasteiger partial charge in [0.2, 0.25) is 5.95 Å². The van der Waals surface area contributed by atoms with Crippen LogP contribution in [-0.4, -0.2) is 41.5 Å². The summed E-state index contributed by atoms with van der Waals surface area (Å²) in [6, 6.07) is 5.37. The molecule has 6 nitrogen and oxygen atoms in total. The third-order valence-electron chi connectivity index (χ3n) is 3.12. The maximum absolute atomic E-state index is 12.0. The quantitative estimate of drug-likeness (QED) is 0.715. The summed E-state index contributed by atoms with van der Waals surface area (Å²) in [6.45, 7) is 3.04.